The maximum absolute atomic E-state index is 13.4. The molecule has 1 unspecified atom stereocenters. The maximum atomic E-state index is 13.4. The number of nitrogens with one attached hydrogen (secondary N) is 1. The van der Waals surface area contributed by atoms with Crippen LogP contribution in [0.5, 0.6) is 17.2 Å². The highest BCUT2D eigenvalue weighted by molar-refractivity contribution is 5.78. The molecule has 0 bridgehead atoms. The summed E-state index contributed by atoms with van der Waals surface area (Å²) in [6, 6.07) is 14.0. The van der Waals surface area contributed by atoms with Crippen LogP contribution in [0.25, 0.3) is 5.95 Å². The highest BCUT2D eigenvalue weighted by Gasteiger charge is 2.34. The van der Waals surface area contributed by atoms with Crippen molar-refractivity contribution in [1.29, 1.82) is 0 Å². The second-order valence-corrected chi connectivity index (χ2v) is 10.3. The van der Waals surface area contributed by atoms with Gasteiger partial charge in [-0.2, -0.15) is 4.98 Å². The molecule has 0 radical (unpaired) electrons. The number of hydrogen-bond donors (Lipinski definition) is 1. The molecule has 228 valence electrons. The Morgan fingerprint density at radius 3 is 2.75 bits per heavy atom. The monoisotopic (exact) mass is 599 g/mol. The first kappa shape index (κ1) is 28.9. The molecule has 13 heteroatoms. The van der Waals surface area contributed by atoms with Gasteiger partial charge in [-0.15, -0.1) is 0 Å². The zero-order valence-corrected chi connectivity index (χ0v) is 24.3. The van der Waals surface area contributed by atoms with Crippen LogP contribution < -0.4 is 24.4 Å². The van der Waals surface area contributed by atoms with Crippen molar-refractivity contribution in [3.8, 4) is 23.2 Å². The number of carbonyl (C=O) groups is 2. The van der Waals surface area contributed by atoms with Gasteiger partial charge < -0.3 is 34.1 Å². The minimum absolute atomic E-state index is 0.0901. The minimum Gasteiger partial charge on any atom is -0.497 e. The summed E-state index contributed by atoms with van der Waals surface area (Å²) in [7, 11) is 1.57. The molecule has 4 heterocycles. The third-order valence-corrected chi connectivity index (χ3v) is 7.58. The van der Waals surface area contributed by atoms with Gasteiger partial charge in [0.2, 0.25) is 11.9 Å². The van der Waals surface area contributed by atoms with Gasteiger partial charge in [0.25, 0.3) is 0 Å². The lowest BCUT2D eigenvalue weighted by atomic mass is 10.0. The predicted octanol–water partition coefficient (Wildman–Crippen LogP) is 2.98. The Bertz CT molecular complexity index is 1580. The lowest BCUT2D eigenvalue weighted by molar-refractivity contribution is -0.122. The normalized spacial score (nSPS) is 16.1. The molecule has 2 aromatic heterocycles. The van der Waals surface area contributed by atoms with Gasteiger partial charge in [0.05, 0.1) is 19.8 Å². The predicted molar refractivity (Wildman–Crippen MR) is 159 cm³/mol. The van der Waals surface area contributed by atoms with Crippen LogP contribution >= 0.6 is 0 Å². The van der Waals surface area contributed by atoms with E-state index in [9.17, 15) is 9.59 Å². The Morgan fingerprint density at radius 2 is 1.93 bits per heavy atom. The summed E-state index contributed by atoms with van der Waals surface area (Å²) >= 11 is 0. The number of fused-ring (bicyclic) bond motifs is 1. The van der Waals surface area contributed by atoms with Gasteiger partial charge in [-0.25, -0.2) is 14.8 Å². The highest BCUT2D eigenvalue weighted by atomic mass is 16.7. The van der Waals surface area contributed by atoms with Gasteiger partial charge >= 0.3 is 6.09 Å². The number of amides is 2. The van der Waals surface area contributed by atoms with Crippen molar-refractivity contribution in [3.63, 3.8) is 0 Å². The molecule has 2 amide bonds. The molecule has 1 fully saturated rings. The van der Waals surface area contributed by atoms with Crippen LogP contribution in [0.2, 0.25) is 0 Å². The van der Waals surface area contributed by atoms with Crippen molar-refractivity contribution in [2.24, 2.45) is 0 Å². The number of rotatable bonds is 9. The first-order chi connectivity index (χ1) is 21.6. The van der Waals surface area contributed by atoms with Crippen molar-refractivity contribution in [1.82, 2.24) is 29.7 Å². The van der Waals surface area contributed by atoms with Gasteiger partial charge in [-0.3, -0.25) is 9.36 Å². The van der Waals surface area contributed by atoms with Crippen LogP contribution in [0.15, 0.2) is 73.4 Å². The van der Waals surface area contributed by atoms with E-state index in [-0.39, 0.29) is 19.1 Å². The van der Waals surface area contributed by atoms with Crippen LogP contribution in [0, 0.1) is 0 Å². The zero-order valence-electron chi connectivity index (χ0n) is 24.3. The quantitative estimate of drug-likeness (QED) is 0.306. The largest absolute Gasteiger partial charge is 0.497 e. The number of anilines is 1. The molecule has 0 aliphatic carbocycles. The summed E-state index contributed by atoms with van der Waals surface area (Å²) in [5, 5.41) is 3.02. The molecule has 1 atom stereocenters. The number of ether oxygens (including phenoxy) is 4. The molecule has 2 aliphatic heterocycles. The van der Waals surface area contributed by atoms with Crippen molar-refractivity contribution >= 4 is 17.8 Å². The molecule has 44 heavy (non-hydrogen) atoms. The van der Waals surface area contributed by atoms with E-state index in [2.05, 4.69) is 15.3 Å². The molecule has 0 spiro atoms. The molecule has 6 rings (SSSR count). The first-order valence-electron chi connectivity index (χ1n) is 14.3. The molecular weight excluding hydrogens is 566 g/mol. The Kier molecular flexibility index (Phi) is 8.82. The number of benzene rings is 2. The van der Waals surface area contributed by atoms with Crippen molar-refractivity contribution in [2.45, 2.75) is 25.5 Å². The second kappa shape index (κ2) is 13.4. The van der Waals surface area contributed by atoms with E-state index >= 15 is 0 Å². The number of hydrogen-bond acceptors (Lipinski definition) is 10. The average Bonchev–Trinajstić information content (AvgIpc) is 3.61. The Balaban J connectivity index is 1.14. The van der Waals surface area contributed by atoms with Crippen LogP contribution in [0.3, 0.4) is 0 Å². The standard InChI is InChI=1S/C31H33N7O6/c1-41-24-5-7-25(8-6-24)44-31(40)38-16-15-36(28-10-12-34-30(35-28)37-14-13-32-20-37)18-23(38)17-29(39)33-11-9-22-3-2-4-27-26(22)19-42-21-43-27/h2-8,10,12-14,20,23H,9,11,15-19,21H2,1H3,(H,33,39). The van der Waals surface area contributed by atoms with Crippen LogP contribution in [-0.2, 0) is 22.6 Å². The van der Waals surface area contributed by atoms with E-state index < -0.39 is 12.1 Å². The van der Waals surface area contributed by atoms with E-state index in [1.54, 1.807) is 65.8 Å². The van der Waals surface area contributed by atoms with E-state index in [0.717, 1.165) is 16.9 Å². The van der Waals surface area contributed by atoms with Crippen molar-refractivity contribution in [2.75, 3.05) is 45.0 Å². The highest BCUT2D eigenvalue weighted by Crippen LogP contribution is 2.27. The van der Waals surface area contributed by atoms with Gasteiger partial charge in [0.15, 0.2) is 6.79 Å². The van der Waals surface area contributed by atoms with Crippen molar-refractivity contribution in [3.05, 3.63) is 84.6 Å². The summed E-state index contributed by atoms with van der Waals surface area (Å²) in [6.07, 6.45) is 6.93. The molecule has 1 N–H and O–H groups in total. The van der Waals surface area contributed by atoms with Crippen LogP contribution in [0.1, 0.15) is 17.5 Å². The molecule has 1 saturated heterocycles. The summed E-state index contributed by atoms with van der Waals surface area (Å²) in [5.41, 5.74) is 2.07. The zero-order chi connectivity index (χ0) is 30.3. The number of nitrogens with zero attached hydrogens (tertiary/aromatic N) is 6. The van der Waals surface area contributed by atoms with E-state index in [1.807, 2.05) is 29.2 Å². The van der Waals surface area contributed by atoms with Crippen LogP contribution in [0.4, 0.5) is 10.6 Å². The van der Waals surface area contributed by atoms with E-state index in [4.69, 9.17) is 23.9 Å². The number of imidazole rings is 1. The Hall–Kier alpha value is -5.17. The molecule has 13 nitrogen and oxygen atoms in total. The maximum Gasteiger partial charge on any atom is 0.415 e. The topological polar surface area (TPSA) is 133 Å². The Labute approximate surface area is 254 Å². The summed E-state index contributed by atoms with van der Waals surface area (Å²) < 4.78 is 23.6. The molecule has 2 aliphatic rings. The first-order valence-corrected chi connectivity index (χ1v) is 14.3. The van der Waals surface area contributed by atoms with Crippen LogP contribution in [-0.4, -0.2) is 82.5 Å². The summed E-state index contributed by atoms with van der Waals surface area (Å²) in [4.78, 5) is 43.4. The fourth-order valence-electron chi connectivity index (χ4n) is 5.31. The van der Waals surface area contributed by atoms with E-state index in [1.165, 1.54) is 0 Å². The van der Waals surface area contributed by atoms with Gasteiger partial charge in [0.1, 0.15) is 29.4 Å². The Morgan fingerprint density at radius 1 is 1.07 bits per heavy atom. The number of methoxy groups -OCH3 is 1. The molecule has 0 saturated carbocycles. The second-order valence-electron chi connectivity index (χ2n) is 10.3. The van der Waals surface area contributed by atoms with Crippen molar-refractivity contribution < 1.29 is 28.5 Å². The third-order valence-electron chi connectivity index (χ3n) is 7.58. The summed E-state index contributed by atoms with van der Waals surface area (Å²) in [5.74, 6) is 2.86. The number of carbonyl (C=O) groups excluding carboxylic acids is 2. The average molecular weight is 600 g/mol. The van der Waals surface area contributed by atoms with E-state index in [0.29, 0.717) is 62.5 Å². The third kappa shape index (κ3) is 6.73. The lowest BCUT2D eigenvalue weighted by Crippen LogP contribution is -2.57. The fraction of sp³-hybridized carbons (Fsp3) is 0.323. The smallest absolute Gasteiger partial charge is 0.415 e. The lowest BCUT2D eigenvalue weighted by Gasteiger charge is -2.41. The summed E-state index contributed by atoms with van der Waals surface area (Å²) in [6.45, 7) is 2.37. The molecule has 2 aromatic carbocycles. The minimum atomic E-state index is -0.523. The number of piperazine rings is 1. The molecule has 4 aromatic rings. The molecular formula is C31H33N7O6. The van der Waals surface area contributed by atoms with Gasteiger partial charge in [-0.05, 0) is 48.4 Å². The fourth-order valence-corrected chi connectivity index (χ4v) is 5.31. The number of aromatic nitrogens is 4. The van der Waals surface area contributed by atoms with Gasteiger partial charge in [0, 0.05) is 56.8 Å². The van der Waals surface area contributed by atoms with Gasteiger partial charge in [-0.1, -0.05) is 12.1 Å². The SMILES string of the molecule is COc1ccc(OC(=O)N2CCN(c3ccnc(-n4ccnc4)n3)CC2CC(=O)NCCc2cccc3c2COCO3)cc1.